The van der Waals surface area contributed by atoms with Crippen molar-refractivity contribution < 1.29 is 23.7 Å². The van der Waals surface area contributed by atoms with Crippen molar-refractivity contribution in [3.8, 4) is 34.5 Å². The Morgan fingerprint density at radius 2 is 0.955 bits per heavy atom. The van der Waals surface area contributed by atoms with Crippen molar-refractivity contribution in [2.75, 3.05) is 26.4 Å². The van der Waals surface area contributed by atoms with Gasteiger partial charge in [0.25, 0.3) is 0 Å². The van der Waals surface area contributed by atoms with Crippen molar-refractivity contribution in [2.24, 2.45) is 0 Å². The second-order valence-electron chi connectivity index (χ2n) is 5.09. The molecule has 0 saturated carbocycles. The predicted molar refractivity (Wildman–Crippen MR) is 80.0 cm³/mol. The summed E-state index contributed by atoms with van der Waals surface area (Å²) in [5.74, 6) is 4.91. The molecule has 112 valence electrons. The molecule has 0 N–H and O–H groups in total. The van der Waals surface area contributed by atoms with Crippen LogP contribution in [0, 0.1) is 0 Å². The van der Waals surface area contributed by atoms with Gasteiger partial charge in [0.05, 0.1) is 0 Å². The van der Waals surface area contributed by atoms with E-state index in [1.807, 2.05) is 12.1 Å². The molecule has 3 aliphatic rings. The summed E-state index contributed by atoms with van der Waals surface area (Å²) < 4.78 is 31.1. The van der Waals surface area contributed by atoms with Crippen molar-refractivity contribution in [3.05, 3.63) is 24.3 Å². The molecule has 0 aromatic heterocycles. The maximum absolute atomic E-state index is 6.07. The molecular formula is C16H12O5Te. The molecule has 0 spiro atoms. The number of benzene rings is 2. The van der Waals surface area contributed by atoms with Crippen LogP contribution in [-0.2, 0) is 0 Å². The maximum atomic E-state index is 6.07. The second-order valence-corrected chi connectivity index (χ2v) is 8.18. The molecule has 0 saturated heterocycles. The third kappa shape index (κ3) is 1.98. The van der Waals surface area contributed by atoms with Gasteiger partial charge in [-0.2, -0.15) is 0 Å². The molecule has 0 bridgehead atoms. The molecule has 3 aliphatic heterocycles. The van der Waals surface area contributed by atoms with Crippen molar-refractivity contribution in [1.82, 2.24) is 0 Å². The minimum atomic E-state index is -0.560. The Kier molecular flexibility index (Phi) is 2.82. The topological polar surface area (TPSA) is 46.2 Å². The molecule has 2 aromatic carbocycles. The molecule has 22 heavy (non-hydrogen) atoms. The zero-order chi connectivity index (χ0) is 14.5. The number of rotatable bonds is 0. The fourth-order valence-corrected chi connectivity index (χ4v) is 5.43. The first kappa shape index (κ1) is 12.7. The molecule has 0 amide bonds. The van der Waals surface area contributed by atoms with E-state index in [1.54, 1.807) is 0 Å². The summed E-state index contributed by atoms with van der Waals surface area (Å²) >= 11 is -0.560. The van der Waals surface area contributed by atoms with Gasteiger partial charge in [-0.25, -0.2) is 0 Å². The summed E-state index contributed by atoms with van der Waals surface area (Å²) in [4.78, 5) is 0. The van der Waals surface area contributed by atoms with Crippen LogP contribution in [0.3, 0.4) is 0 Å². The molecule has 3 heterocycles. The van der Waals surface area contributed by atoms with Crippen LogP contribution in [0.25, 0.3) is 0 Å². The van der Waals surface area contributed by atoms with Gasteiger partial charge in [-0.15, -0.1) is 0 Å². The van der Waals surface area contributed by atoms with Crippen molar-refractivity contribution in [2.45, 2.75) is 0 Å². The number of fused-ring (bicyclic) bond motifs is 4. The Morgan fingerprint density at radius 3 is 1.41 bits per heavy atom. The van der Waals surface area contributed by atoms with Gasteiger partial charge < -0.3 is 0 Å². The Balaban J connectivity index is 1.58. The second kappa shape index (κ2) is 4.87. The van der Waals surface area contributed by atoms with E-state index in [2.05, 4.69) is 12.1 Å². The van der Waals surface area contributed by atoms with Crippen LogP contribution in [0.2, 0.25) is 0 Å². The Morgan fingerprint density at radius 1 is 0.545 bits per heavy atom. The SMILES string of the molecule is c1c2c(cc3c1Oc1cc4c(cc1[Te]3)OCCO4)OCCO2. The van der Waals surface area contributed by atoms with Crippen LogP contribution in [0.1, 0.15) is 0 Å². The van der Waals surface area contributed by atoms with Crippen LogP contribution < -0.4 is 30.9 Å². The molecule has 6 heteroatoms. The van der Waals surface area contributed by atoms with Gasteiger partial charge in [-0.05, 0) is 0 Å². The van der Waals surface area contributed by atoms with Crippen LogP contribution >= 0.6 is 0 Å². The Bertz CT molecular complexity index is 646. The van der Waals surface area contributed by atoms with E-state index >= 15 is 0 Å². The zero-order valence-corrected chi connectivity index (χ0v) is 13.9. The summed E-state index contributed by atoms with van der Waals surface area (Å²) in [5, 5.41) is 0. The first-order valence-electron chi connectivity index (χ1n) is 7.10. The molecule has 5 rings (SSSR count). The van der Waals surface area contributed by atoms with Crippen LogP contribution in [0.5, 0.6) is 34.5 Å². The van der Waals surface area contributed by atoms with Crippen molar-refractivity contribution >= 4 is 28.1 Å². The molecule has 5 nitrogen and oxygen atoms in total. The van der Waals surface area contributed by atoms with Gasteiger partial charge in [0.2, 0.25) is 0 Å². The van der Waals surface area contributed by atoms with Crippen LogP contribution in [0.4, 0.5) is 0 Å². The van der Waals surface area contributed by atoms with Crippen LogP contribution in [0.15, 0.2) is 24.3 Å². The summed E-state index contributed by atoms with van der Waals surface area (Å²) in [5.41, 5.74) is 0. The van der Waals surface area contributed by atoms with Crippen LogP contribution in [-0.4, -0.2) is 47.4 Å². The van der Waals surface area contributed by atoms with E-state index in [9.17, 15) is 0 Å². The van der Waals surface area contributed by atoms with E-state index in [4.69, 9.17) is 23.7 Å². The minimum absolute atomic E-state index is 0.560. The van der Waals surface area contributed by atoms with Gasteiger partial charge in [0.1, 0.15) is 0 Å². The fraction of sp³-hybridized carbons (Fsp3) is 0.250. The standard InChI is InChI=1S/C16H12O5Te/c1-3-19-11-7-15-13(5-9(11)17-1)21-14-6-10-12(8-16(14)22-15)20-4-2-18-10/h5-8H,1-4H2. The predicted octanol–water partition coefficient (Wildman–Crippen LogP) is 0.990. The molecule has 0 atom stereocenters. The molecule has 0 aliphatic carbocycles. The zero-order valence-electron chi connectivity index (χ0n) is 11.6. The monoisotopic (exact) mass is 414 g/mol. The van der Waals surface area contributed by atoms with E-state index in [-0.39, 0.29) is 0 Å². The number of hydrogen-bond acceptors (Lipinski definition) is 5. The van der Waals surface area contributed by atoms with Gasteiger partial charge in [0.15, 0.2) is 0 Å². The fourth-order valence-electron chi connectivity index (χ4n) is 2.66. The molecule has 0 fully saturated rings. The molecule has 0 radical (unpaired) electrons. The Labute approximate surface area is 137 Å². The van der Waals surface area contributed by atoms with Gasteiger partial charge in [-0.1, -0.05) is 0 Å². The number of hydrogen-bond donors (Lipinski definition) is 0. The summed E-state index contributed by atoms with van der Waals surface area (Å²) in [6, 6.07) is 8.00. The van der Waals surface area contributed by atoms with E-state index in [0.29, 0.717) is 26.4 Å². The molecular weight excluding hydrogens is 400 g/mol. The van der Waals surface area contributed by atoms with Crippen molar-refractivity contribution in [3.63, 3.8) is 0 Å². The normalized spacial score (nSPS) is 17.1. The van der Waals surface area contributed by atoms with Crippen molar-refractivity contribution in [1.29, 1.82) is 0 Å². The number of ether oxygens (including phenoxy) is 5. The first-order valence-corrected chi connectivity index (χ1v) is 9.43. The molecule has 0 unspecified atom stereocenters. The summed E-state index contributed by atoms with van der Waals surface area (Å²) in [6.07, 6.45) is 0. The molecule has 2 aromatic rings. The third-order valence-corrected chi connectivity index (χ3v) is 6.73. The van der Waals surface area contributed by atoms with E-state index < -0.39 is 20.9 Å². The first-order chi connectivity index (χ1) is 10.9. The average molecular weight is 412 g/mol. The van der Waals surface area contributed by atoms with E-state index in [1.165, 1.54) is 7.22 Å². The van der Waals surface area contributed by atoms with Gasteiger partial charge in [-0.3, -0.25) is 0 Å². The Hall–Kier alpha value is -1.77. The average Bonchev–Trinajstić information content (AvgIpc) is 2.56. The summed E-state index contributed by atoms with van der Waals surface area (Å²) in [6.45, 7) is 2.36. The van der Waals surface area contributed by atoms with E-state index in [0.717, 1.165) is 34.5 Å². The van der Waals surface area contributed by atoms with Gasteiger partial charge >= 0.3 is 137 Å². The third-order valence-electron chi connectivity index (χ3n) is 3.66. The quantitative estimate of drug-likeness (QED) is 0.516. The summed E-state index contributed by atoms with van der Waals surface area (Å²) in [7, 11) is 0. The van der Waals surface area contributed by atoms with Gasteiger partial charge in [0, 0.05) is 0 Å².